The van der Waals surface area contributed by atoms with Crippen LogP contribution in [-0.2, 0) is 19.2 Å². The number of amides is 3. The van der Waals surface area contributed by atoms with Crippen LogP contribution in [0.25, 0.3) is 0 Å². The maximum absolute atomic E-state index is 11.4. The van der Waals surface area contributed by atoms with Crippen LogP contribution in [0, 0.1) is 0 Å². The average Bonchev–Trinajstić information content (AvgIpc) is 2.66. The van der Waals surface area contributed by atoms with E-state index in [0.29, 0.717) is 19.4 Å². The van der Waals surface area contributed by atoms with Crippen molar-refractivity contribution in [1.29, 1.82) is 0 Å². The van der Waals surface area contributed by atoms with E-state index in [1.54, 1.807) is 0 Å². The minimum absolute atomic E-state index is 0.0899. The molecule has 1 fully saturated rings. The van der Waals surface area contributed by atoms with Crippen molar-refractivity contribution < 1.29 is 24.3 Å². The molecule has 1 aliphatic heterocycles. The van der Waals surface area contributed by atoms with Gasteiger partial charge in [-0.05, 0) is 12.8 Å². The van der Waals surface area contributed by atoms with Gasteiger partial charge in [0, 0.05) is 38.8 Å². The summed E-state index contributed by atoms with van der Waals surface area (Å²) in [5, 5.41) is 11.0. The molecule has 7 nitrogen and oxygen atoms in total. The summed E-state index contributed by atoms with van der Waals surface area (Å²) in [5.74, 6) is -1.53. The lowest BCUT2D eigenvalue weighted by Crippen LogP contribution is -2.34. The summed E-state index contributed by atoms with van der Waals surface area (Å²) in [6, 6.07) is 0. The van der Waals surface area contributed by atoms with Crippen LogP contribution in [0.2, 0.25) is 0 Å². The number of hydrogen-bond donors (Lipinski definition) is 2. The van der Waals surface area contributed by atoms with Crippen LogP contribution in [-0.4, -0.2) is 46.8 Å². The monoisotopic (exact) mass is 270 g/mol. The third-order valence-electron chi connectivity index (χ3n) is 2.86. The summed E-state index contributed by atoms with van der Waals surface area (Å²) in [7, 11) is 0. The number of hydrogen-bond acceptors (Lipinski definition) is 4. The van der Waals surface area contributed by atoms with Crippen LogP contribution in [0.3, 0.4) is 0 Å². The molecule has 0 spiro atoms. The molecule has 106 valence electrons. The van der Waals surface area contributed by atoms with Gasteiger partial charge in [-0.2, -0.15) is 0 Å². The van der Waals surface area contributed by atoms with Crippen LogP contribution >= 0.6 is 0 Å². The predicted octanol–water partition coefficient (Wildman–Crippen LogP) is -0.103. The van der Waals surface area contributed by atoms with Crippen LogP contribution in [0.15, 0.2) is 0 Å². The van der Waals surface area contributed by atoms with Crippen LogP contribution in [0.1, 0.15) is 38.5 Å². The van der Waals surface area contributed by atoms with Crippen molar-refractivity contribution >= 4 is 23.7 Å². The Morgan fingerprint density at radius 2 is 1.74 bits per heavy atom. The maximum Gasteiger partial charge on any atom is 0.303 e. The fourth-order valence-corrected chi connectivity index (χ4v) is 1.80. The van der Waals surface area contributed by atoms with Gasteiger partial charge in [0.1, 0.15) is 0 Å². The Morgan fingerprint density at radius 1 is 1.11 bits per heavy atom. The molecule has 0 radical (unpaired) electrons. The number of carboxylic acids is 1. The zero-order valence-electron chi connectivity index (χ0n) is 10.7. The first-order valence-electron chi connectivity index (χ1n) is 6.32. The molecule has 0 saturated carbocycles. The highest BCUT2D eigenvalue weighted by atomic mass is 16.4. The molecule has 1 aliphatic rings. The summed E-state index contributed by atoms with van der Waals surface area (Å²) in [6.45, 7) is 0.534. The second-order valence-electron chi connectivity index (χ2n) is 4.39. The van der Waals surface area contributed by atoms with Crippen molar-refractivity contribution in [1.82, 2.24) is 10.2 Å². The number of likely N-dealkylation sites (tertiary alicyclic amines) is 1. The normalized spacial score (nSPS) is 14.8. The molecule has 0 atom stereocenters. The number of nitrogens with one attached hydrogen (secondary N) is 1. The Kier molecular flexibility index (Phi) is 5.98. The highest BCUT2D eigenvalue weighted by molar-refractivity contribution is 6.02. The molecule has 7 heteroatoms. The van der Waals surface area contributed by atoms with E-state index < -0.39 is 5.97 Å². The first kappa shape index (κ1) is 15.1. The Bertz CT molecular complexity index is 364. The fraction of sp³-hybridized carbons (Fsp3) is 0.667. The molecule has 0 aliphatic carbocycles. The van der Waals surface area contributed by atoms with Crippen LogP contribution in [0.5, 0.6) is 0 Å². The van der Waals surface area contributed by atoms with Gasteiger partial charge in [-0.1, -0.05) is 0 Å². The van der Waals surface area contributed by atoms with Crippen LogP contribution < -0.4 is 5.32 Å². The molecule has 0 unspecified atom stereocenters. The largest absolute Gasteiger partial charge is 0.481 e. The van der Waals surface area contributed by atoms with Crippen molar-refractivity contribution in [2.45, 2.75) is 38.5 Å². The van der Waals surface area contributed by atoms with Crippen LogP contribution in [0.4, 0.5) is 0 Å². The first-order chi connectivity index (χ1) is 9.00. The predicted molar refractivity (Wildman–Crippen MR) is 65.1 cm³/mol. The van der Waals surface area contributed by atoms with Gasteiger partial charge in [0.15, 0.2) is 0 Å². The maximum atomic E-state index is 11.4. The topological polar surface area (TPSA) is 104 Å². The highest BCUT2D eigenvalue weighted by Gasteiger charge is 2.28. The average molecular weight is 270 g/mol. The molecular weight excluding hydrogens is 252 g/mol. The van der Waals surface area contributed by atoms with Gasteiger partial charge in [0.25, 0.3) is 0 Å². The third kappa shape index (κ3) is 5.50. The van der Waals surface area contributed by atoms with E-state index in [-0.39, 0.29) is 49.9 Å². The second kappa shape index (κ2) is 7.50. The van der Waals surface area contributed by atoms with Gasteiger partial charge >= 0.3 is 5.97 Å². The third-order valence-corrected chi connectivity index (χ3v) is 2.86. The summed E-state index contributed by atoms with van der Waals surface area (Å²) in [4.78, 5) is 45.4. The number of carbonyl (C=O) groups is 4. The molecule has 0 aromatic heterocycles. The number of imide groups is 1. The van der Waals surface area contributed by atoms with Gasteiger partial charge in [0.2, 0.25) is 17.7 Å². The van der Waals surface area contributed by atoms with Gasteiger partial charge in [-0.25, -0.2) is 0 Å². The second-order valence-corrected chi connectivity index (χ2v) is 4.39. The Hall–Kier alpha value is -1.92. The lowest BCUT2D eigenvalue weighted by Gasteiger charge is -2.13. The molecule has 2 N–H and O–H groups in total. The van der Waals surface area contributed by atoms with Gasteiger partial charge in [0.05, 0.1) is 0 Å². The summed E-state index contributed by atoms with van der Waals surface area (Å²) in [5.41, 5.74) is 0. The zero-order valence-corrected chi connectivity index (χ0v) is 10.7. The van der Waals surface area contributed by atoms with Crippen molar-refractivity contribution in [2.75, 3.05) is 13.1 Å². The summed E-state index contributed by atoms with van der Waals surface area (Å²) < 4.78 is 0. The number of rotatable bonds is 8. The smallest absolute Gasteiger partial charge is 0.303 e. The number of nitrogens with zero attached hydrogens (tertiary/aromatic N) is 1. The molecule has 1 heterocycles. The zero-order chi connectivity index (χ0) is 14.3. The summed E-state index contributed by atoms with van der Waals surface area (Å²) in [6.07, 6.45) is 1.76. The minimum Gasteiger partial charge on any atom is -0.481 e. The number of carboxylic acid groups (broad SMARTS) is 1. The minimum atomic E-state index is -0.850. The van der Waals surface area contributed by atoms with Crippen molar-refractivity contribution in [3.05, 3.63) is 0 Å². The van der Waals surface area contributed by atoms with Gasteiger partial charge < -0.3 is 10.4 Å². The van der Waals surface area contributed by atoms with E-state index in [4.69, 9.17) is 5.11 Å². The lowest BCUT2D eigenvalue weighted by molar-refractivity contribution is -0.139. The molecular formula is C12H18N2O5. The quantitative estimate of drug-likeness (QED) is 0.473. The van der Waals surface area contributed by atoms with E-state index >= 15 is 0 Å². The van der Waals surface area contributed by atoms with Gasteiger partial charge in [-0.15, -0.1) is 0 Å². The molecule has 1 saturated heterocycles. The van der Waals surface area contributed by atoms with Crippen molar-refractivity contribution in [2.24, 2.45) is 0 Å². The van der Waals surface area contributed by atoms with E-state index in [1.807, 2.05) is 0 Å². The van der Waals surface area contributed by atoms with E-state index in [2.05, 4.69) is 5.32 Å². The molecule has 3 amide bonds. The van der Waals surface area contributed by atoms with E-state index in [0.717, 1.165) is 4.90 Å². The molecule has 0 aromatic carbocycles. The number of aliphatic carboxylic acids is 1. The van der Waals surface area contributed by atoms with E-state index in [1.165, 1.54) is 0 Å². The molecule has 1 rings (SSSR count). The van der Waals surface area contributed by atoms with Crippen molar-refractivity contribution in [3.63, 3.8) is 0 Å². The molecule has 0 aromatic rings. The molecule has 19 heavy (non-hydrogen) atoms. The fourth-order valence-electron chi connectivity index (χ4n) is 1.80. The van der Waals surface area contributed by atoms with Crippen molar-refractivity contribution in [3.8, 4) is 0 Å². The Balaban J connectivity index is 2.09. The van der Waals surface area contributed by atoms with E-state index in [9.17, 15) is 19.2 Å². The lowest BCUT2D eigenvalue weighted by atomic mass is 10.2. The Morgan fingerprint density at radius 3 is 2.32 bits per heavy atom. The molecule has 0 bridgehead atoms. The highest BCUT2D eigenvalue weighted by Crippen LogP contribution is 2.11. The number of unbranched alkanes of at least 4 members (excludes halogenated alkanes) is 1. The SMILES string of the molecule is O=C(O)CCCCNC(=O)CCN1C(=O)CCC1=O. The standard InChI is InChI=1S/C12H18N2O5/c15-9(13-7-2-1-3-12(18)19)6-8-14-10(16)4-5-11(14)17/h1-8H2,(H,13,15)(H,18,19). The van der Waals surface area contributed by atoms with Gasteiger partial charge in [-0.3, -0.25) is 24.1 Å². The Labute approximate surface area is 110 Å². The number of carbonyl (C=O) groups excluding carboxylic acids is 3. The summed E-state index contributed by atoms with van der Waals surface area (Å²) >= 11 is 0. The first-order valence-corrected chi connectivity index (χ1v) is 6.32.